The van der Waals surface area contributed by atoms with Gasteiger partial charge in [0.2, 0.25) is 0 Å². The number of benzene rings is 1. The number of H-pyrrole nitrogens is 1. The number of aromatic nitrogens is 5. The number of fused-ring (bicyclic) bond motifs is 1. The van der Waals surface area contributed by atoms with Gasteiger partial charge in [0.15, 0.2) is 17.5 Å². The lowest BCUT2D eigenvalue weighted by molar-refractivity contribution is -0.138. The zero-order valence-corrected chi connectivity index (χ0v) is 21.5. The van der Waals surface area contributed by atoms with Gasteiger partial charge in [0.1, 0.15) is 16.9 Å². The molecule has 4 rings (SSSR count). The van der Waals surface area contributed by atoms with E-state index >= 15 is 4.39 Å². The van der Waals surface area contributed by atoms with Crippen molar-refractivity contribution in [3.63, 3.8) is 0 Å². The molecule has 4 N–H and O–H groups in total. The maximum absolute atomic E-state index is 15.1. The van der Waals surface area contributed by atoms with Gasteiger partial charge in [0.05, 0.1) is 22.8 Å². The summed E-state index contributed by atoms with van der Waals surface area (Å²) < 4.78 is 110. The number of hydrogen-bond acceptors (Lipinski definition) is 7. The predicted octanol–water partition coefficient (Wildman–Crippen LogP) is 5.11. The second-order valence-corrected chi connectivity index (χ2v) is 9.20. The number of nitrogens with zero attached hydrogens (tertiary/aromatic N) is 4. The standard InChI is InChI=1S/C25H21F8N7O2/c1-2-12(37-15-10-36-39-22(41)17(15)25(31,32)33)4-3-6-40-7-5-11-8-13(18(26)19(27)16(11)23(40)42)21-35-9-14(20(34)38-21)24(28,29)30/h5,7-10,12H,2-4,6H2,1H3,(H2,34,35,38)(H2,37,39,41)/t12-/m0/s1. The highest BCUT2D eigenvalue weighted by Crippen LogP contribution is 2.35. The zero-order valence-electron chi connectivity index (χ0n) is 21.5. The Balaban J connectivity index is 1.56. The van der Waals surface area contributed by atoms with Crippen LogP contribution in [-0.4, -0.2) is 30.8 Å². The van der Waals surface area contributed by atoms with Crippen LogP contribution in [0.5, 0.6) is 0 Å². The molecular weight excluding hydrogens is 582 g/mol. The van der Waals surface area contributed by atoms with Gasteiger partial charge in [-0.05, 0) is 36.8 Å². The number of rotatable bonds is 8. The summed E-state index contributed by atoms with van der Waals surface area (Å²) in [6, 6.07) is 1.73. The van der Waals surface area contributed by atoms with Crippen molar-refractivity contribution in [1.82, 2.24) is 24.7 Å². The molecule has 17 heteroatoms. The number of anilines is 2. The van der Waals surface area contributed by atoms with E-state index < -0.39 is 80.6 Å². The van der Waals surface area contributed by atoms with Crippen LogP contribution in [0.2, 0.25) is 0 Å². The van der Waals surface area contributed by atoms with Crippen molar-refractivity contribution in [2.75, 3.05) is 11.1 Å². The van der Waals surface area contributed by atoms with Crippen molar-refractivity contribution in [3.8, 4) is 11.4 Å². The van der Waals surface area contributed by atoms with Crippen molar-refractivity contribution >= 4 is 22.3 Å². The largest absolute Gasteiger partial charge is 0.423 e. The topological polar surface area (TPSA) is 132 Å². The molecule has 42 heavy (non-hydrogen) atoms. The fraction of sp³-hybridized carbons (Fsp3) is 0.320. The van der Waals surface area contributed by atoms with Gasteiger partial charge < -0.3 is 15.6 Å². The first kappa shape index (κ1) is 30.4. The van der Waals surface area contributed by atoms with E-state index in [2.05, 4.69) is 20.4 Å². The minimum atomic E-state index is -4.93. The number of aryl methyl sites for hydroxylation is 1. The lowest BCUT2D eigenvalue weighted by Crippen LogP contribution is -2.28. The summed E-state index contributed by atoms with van der Waals surface area (Å²) in [6.07, 6.45) is -6.54. The molecule has 0 unspecified atom stereocenters. The molecule has 4 aromatic rings. The van der Waals surface area contributed by atoms with Crippen LogP contribution in [0.1, 0.15) is 37.3 Å². The van der Waals surface area contributed by atoms with E-state index in [0.29, 0.717) is 12.6 Å². The van der Waals surface area contributed by atoms with Gasteiger partial charge in [-0.25, -0.2) is 23.8 Å². The Morgan fingerprint density at radius 3 is 2.40 bits per heavy atom. The number of alkyl halides is 6. The maximum Gasteiger partial charge on any atom is 0.423 e. The molecule has 3 heterocycles. The molecule has 0 amide bonds. The maximum atomic E-state index is 15.1. The number of aromatic amines is 1. The molecule has 0 aliphatic heterocycles. The Morgan fingerprint density at radius 2 is 1.79 bits per heavy atom. The smallest absolute Gasteiger partial charge is 0.383 e. The molecule has 9 nitrogen and oxygen atoms in total. The lowest BCUT2D eigenvalue weighted by Gasteiger charge is -2.20. The Kier molecular flexibility index (Phi) is 8.22. The third-order valence-electron chi connectivity index (χ3n) is 6.45. The summed E-state index contributed by atoms with van der Waals surface area (Å²) in [5.74, 6) is -4.75. The van der Waals surface area contributed by atoms with Crippen molar-refractivity contribution in [3.05, 3.63) is 74.2 Å². The number of hydrogen-bond donors (Lipinski definition) is 3. The van der Waals surface area contributed by atoms with Gasteiger partial charge in [-0.1, -0.05) is 6.92 Å². The van der Waals surface area contributed by atoms with Gasteiger partial charge in [-0.3, -0.25) is 9.59 Å². The van der Waals surface area contributed by atoms with Crippen molar-refractivity contribution in [1.29, 1.82) is 0 Å². The summed E-state index contributed by atoms with van der Waals surface area (Å²) in [5, 5.41) is 7.08. The first-order valence-corrected chi connectivity index (χ1v) is 12.3. The van der Waals surface area contributed by atoms with Crippen LogP contribution in [0.15, 0.2) is 40.3 Å². The average molecular weight is 603 g/mol. The van der Waals surface area contributed by atoms with E-state index in [4.69, 9.17) is 5.73 Å². The van der Waals surface area contributed by atoms with Crippen molar-refractivity contribution in [2.24, 2.45) is 0 Å². The number of nitrogen functional groups attached to an aromatic ring is 1. The molecule has 0 aliphatic carbocycles. The Hall–Kier alpha value is -4.57. The normalized spacial score (nSPS) is 13.0. The highest BCUT2D eigenvalue weighted by atomic mass is 19.4. The minimum Gasteiger partial charge on any atom is -0.383 e. The molecule has 0 saturated heterocycles. The van der Waals surface area contributed by atoms with Crippen LogP contribution in [0.25, 0.3) is 22.2 Å². The van der Waals surface area contributed by atoms with Crippen LogP contribution >= 0.6 is 0 Å². The van der Waals surface area contributed by atoms with Crippen LogP contribution in [0, 0.1) is 11.6 Å². The van der Waals surface area contributed by atoms with Gasteiger partial charge in [-0.2, -0.15) is 31.4 Å². The Bertz CT molecular complexity index is 1750. The third-order valence-corrected chi connectivity index (χ3v) is 6.45. The minimum absolute atomic E-state index is 0.0198. The third kappa shape index (κ3) is 6.03. The number of pyridine rings is 1. The van der Waals surface area contributed by atoms with Crippen molar-refractivity contribution < 1.29 is 35.1 Å². The first-order valence-electron chi connectivity index (χ1n) is 12.3. The number of nitrogens with two attached hydrogens (primary N) is 1. The summed E-state index contributed by atoms with van der Waals surface area (Å²) in [6.45, 7) is 1.67. The van der Waals surface area contributed by atoms with Gasteiger partial charge in [-0.15, -0.1) is 0 Å². The second kappa shape index (κ2) is 11.4. The lowest BCUT2D eigenvalue weighted by atomic mass is 10.1. The molecule has 3 aromatic heterocycles. The van der Waals surface area contributed by atoms with Crippen LogP contribution in [-0.2, 0) is 18.9 Å². The van der Waals surface area contributed by atoms with E-state index in [0.717, 1.165) is 16.8 Å². The Labute approximate surface area is 230 Å². The summed E-state index contributed by atoms with van der Waals surface area (Å²) >= 11 is 0. The number of halogens is 8. The first-order chi connectivity index (χ1) is 19.6. The van der Waals surface area contributed by atoms with Gasteiger partial charge >= 0.3 is 12.4 Å². The van der Waals surface area contributed by atoms with E-state index in [9.17, 15) is 40.3 Å². The molecule has 0 aliphatic rings. The number of nitrogens with one attached hydrogen (secondary N) is 2. The molecule has 0 fully saturated rings. The summed E-state index contributed by atoms with van der Waals surface area (Å²) in [7, 11) is 0. The van der Waals surface area contributed by atoms with E-state index in [1.54, 1.807) is 12.0 Å². The van der Waals surface area contributed by atoms with Crippen LogP contribution < -0.4 is 22.2 Å². The van der Waals surface area contributed by atoms with Crippen molar-refractivity contribution in [2.45, 2.75) is 51.1 Å². The quantitative estimate of drug-likeness (QED) is 0.239. The molecule has 224 valence electrons. The van der Waals surface area contributed by atoms with E-state index in [-0.39, 0.29) is 24.8 Å². The van der Waals surface area contributed by atoms with Crippen LogP contribution in [0.3, 0.4) is 0 Å². The van der Waals surface area contributed by atoms with E-state index in [1.807, 2.05) is 0 Å². The molecule has 0 radical (unpaired) electrons. The summed E-state index contributed by atoms with van der Waals surface area (Å²) in [4.78, 5) is 31.6. The van der Waals surface area contributed by atoms with Gasteiger partial charge in [0.25, 0.3) is 11.1 Å². The predicted molar refractivity (Wildman–Crippen MR) is 135 cm³/mol. The van der Waals surface area contributed by atoms with Gasteiger partial charge in [0, 0.05) is 25.0 Å². The van der Waals surface area contributed by atoms with E-state index in [1.165, 1.54) is 12.3 Å². The average Bonchev–Trinajstić information content (AvgIpc) is 2.89. The molecule has 0 bridgehead atoms. The second-order valence-electron chi connectivity index (χ2n) is 9.20. The molecule has 1 aromatic carbocycles. The molecular formula is C25H21F8N7O2. The fourth-order valence-corrected chi connectivity index (χ4v) is 4.35. The van der Waals surface area contributed by atoms with Crippen LogP contribution in [0.4, 0.5) is 46.6 Å². The highest BCUT2D eigenvalue weighted by Gasteiger charge is 2.38. The fourth-order valence-electron chi connectivity index (χ4n) is 4.35. The highest BCUT2D eigenvalue weighted by molar-refractivity contribution is 5.86. The molecule has 0 saturated carbocycles. The Morgan fingerprint density at radius 1 is 1.07 bits per heavy atom. The SMILES string of the molecule is CC[C@@H](CCCn1ccc2cc(-c3ncc(C(F)(F)F)c(N)n3)c(F)c(F)c2c1=O)Nc1cn[nH]c(=O)c1C(F)(F)F. The summed E-state index contributed by atoms with van der Waals surface area (Å²) in [5.41, 5.74) is -0.890. The molecule has 0 spiro atoms. The zero-order chi connectivity index (χ0) is 31.0. The molecule has 1 atom stereocenters. The monoisotopic (exact) mass is 603 g/mol.